The number of rotatable bonds is 12. The fourth-order valence-corrected chi connectivity index (χ4v) is 8.66. The molecule has 5 heteroatoms. The molecule has 0 amide bonds. The molecule has 3 nitrogen and oxygen atoms in total. The first kappa shape index (κ1) is 20.6. The number of nitrogens with zero attached hydrogens (tertiary/aromatic N) is 1. The predicted octanol–water partition coefficient (Wildman–Crippen LogP) is 4.40. The summed E-state index contributed by atoms with van der Waals surface area (Å²) >= 11 is 0. The molecule has 0 saturated heterocycles. The van der Waals surface area contributed by atoms with Crippen molar-refractivity contribution < 1.29 is 8.85 Å². The lowest BCUT2D eigenvalue weighted by Gasteiger charge is -2.41. The molecule has 132 valence electrons. The summed E-state index contributed by atoms with van der Waals surface area (Å²) in [6, 6.07) is 16.0. The number of benzene rings is 1. The molecule has 0 spiro atoms. The molecule has 0 fully saturated rings. The summed E-state index contributed by atoms with van der Waals surface area (Å²) in [6.07, 6.45) is 1.18. The fraction of sp³-hybridized carbons (Fsp3) is 0.667. The first-order valence-electron chi connectivity index (χ1n) is 9.00. The van der Waals surface area contributed by atoms with Gasteiger partial charge in [-0.2, -0.15) is 0 Å². The normalized spacial score (nSPS) is 12.3. The third-order valence-electron chi connectivity index (χ3n) is 5.26. The number of hydrogen-bond acceptors (Lipinski definition) is 3. The Labute approximate surface area is 145 Å². The molecule has 0 radical (unpaired) electrons. The zero-order valence-electron chi connectivity index (χ0n) is 15.7. The minimum Gasteiger partial charge on any atom is -0.400 e. The minimum atomic E-state index is -1.43. The van der Waals surface area contributed by atoms with Gasteiger partial charge in [-0.15, -0.1) is 0 Å². The Morgan fingerprint density at radius 3 is 2.00 bits per heavy atom. The maximum absolute atomic E-state index is 5.47. The highest BCUT2D eigenvalue weighted by molar-refractivity contribution is 6.77. The van der Waals surface area contributed by atoms with Crippen molar-refractivity contribution >= 4 is 17.5 Å². The summed E-state index contributed by atoms with van der Waals surface area (Å²) in [5, 5.41) is 0. The molecule has 0 heterocycles. The summed E-state index contributed by atoms with van der Waals surface area (Å²) < 4.78 is 13.8. The summed E-state index contributed by atoms with van der Waals surface area (Å²) in [5.74, 6) is 0. The molecule has 0 unspecified atom stereocenters. The van der Waals surface area contributed by atoms with E-state index in [0.717, 1.165) is 12.6 Å². The zero-order chi connectivity index (χ0) is 17.1. The Kier molecular flexibility index (Phi) is 9.98. The van der Waals surface area contributed by atoms with Crippen LogP contribution in [-0.4, -0.2) is 42.8 Å². The first-order valence-corrected chi connectivity index (χ1v) is 13.3. The van der Waals surface area contributed by atoms with E-state index in [1.807, 2.05) is 0 Å². The van der Waals surface area contributed by atoms with Crippen LogP contribution in [0.1, 0.15) is 32.8 Å². The minimum absolute atomic E-state index is 1.09. The Bertz CT molecular complexity index is 400. The van der Waals surface area contributed by atoms with Crippen LogP contribution in [0.25, 0.3) is 0 Å². The van der Waals surface area contributed by atoms with Gasteiger partial charge in [-0.25, -0.2) is 0 Å². The molecule has 0 saturated carbocycles. The SMILES string of the molecule is CC[Si](CC)(CC)N(CCC[SiH](OC)OC)Cc1ccccc1. The molecule has 1 aromatic rings. The van der Waals surface area contributed by atoms with E-state index < -0.39 is 17.5 Å². The van der Waals surface area contributed by atoms with Crippen molar-refractivity contribution in [3.63, 3.8) is 0 Å². The molecule has 0 aliphatic carbocycles. The number of hydrogen-bond donors (Lipinski definition) is 0. The molecule has 0 bridgehead atoms. The van der Waals surface area contributed by atoms with E-state index in [-0.39, 0.29) is 0 Å². The van der Waals surface area contributed by atoms with E-state index in [1.54, 1.807) is 14.2 Å². The summed E-state index contributed by atoms with van der Waals surface area (Å²) in [6.45, 7) is 9.43. The Morgan fingerprint density at radius 1 is 0.957 bits per heavy atom. The third-order valence-corrected chi connectivity index (χ3v) is 12.9. The zero-order valence-corrected chi connectivity index (χ0v) is 17.8. The van der Waals surface area contributed by atoms with E-state index >= 15 is 0 Å². The van der Waals surface area contributed by atoms with Crippen LogP contribution in [0.5, 0.6) is 0 Å². The molecule has 0 N–H and O–H groups in total. The van der Waals surface area contributed by atoms with Gasteiger partial charge >= 0.3 is 9.28 Å². The smallest absolute Gasteiger partial charge is 0.320 e. The van der Waals surface area contributed by atoms with Crippen LogP contribution >= 0.6 is 0 Å². The molecule has 1 rings (SSSR count). The van der Waals surface area contributed by atoms with Crippen molar-refractivity contribution in [1.29, 1.82) is 0 Å². The monoisotopic (exact) mass is 353 g/mol. The second-order valence-electron chi connectivity index (χ2n) is 6.24. The van der Waals surface area contributed by atoms with Crippen molar-refractivity contribution in [3.05, 3.63) is 35.9 Å². The van der Waals surface area contributed by atoms with Crippen LogP contribution in [0.15, 0.2) is 30.3 Å². The molecular formula is C18H35NO2Si2. The highest BCUT2D eigenvalue weighted by Crippen LogP contribution is 2.27. The van der Waals surface area contributed by atoms with Crippen LogP contribution < -0.4 is 0 Å². The molecule has 23 heavy (non-hydrogen) atoms. The molecule has 0 aromatic heterocycles. The van der Waals surface area contributed by atoms with Crippen molar-refractivity contribution in [2.24, 2.45) is 0 Å². The fourth-order valence-electron chi connectivity index (χ4n) is 3.49. The second kappa shape index (κ2) is 11.2. The van der Waals surface area contributed by atoms with Crippen LogP contribution in [0.4, 0.5) is 0 Å². The third kappa shape index (κ3) is 6.16. The average Bonchev–Trinajstić information content (AvgIpc) is 2.61. The summed E-state index contributed by atoms with van der Waals surface area (Å²) in [7, 11) is 0.783. The summed E-state index contributed by atoms with van der Waals surface area (Å²) in [5.41, 5.74) is 1.44. The quantitative estimate of drug-likeness (QED) is 0.520. The van der Waals surface area contributed by atoms with Gasteiger partial charge in [-0.1, -0.05) is 51.1 Å². The van der Waals surface area contributed by atoms with E-state index in [4.69, 9.17) is 8.85 Å². The molecular weight excluding hydrogens is 318 g/mol. The van der Waals surface area contributed by atoms with Gasteiger partial charge in [-0.3, -0.25) is 0 Å². The Morgan fingerprint density at radius 2 is 1.52 bits per heavy atom. The average molecular weight is 354 g/mol. The Balaban J connectivity index is 2.79. The maximum atomic E-state index is 5.47. The van der Waals surface area contributed by atoms with Gasteiger partial charge in [0.05, 0.1) is 0 Å². The van der Waals surface area contributed by atoms with E-state index in [2.05, 4.69) is 55.7 Å². The van der Waals surface area contributed by atoms with Gasteiger partial charge in [0.1, 0.15) is 8.24 Å². The van der Waals surface area contributed by atoms with Crippen molar-refractivity contribution in [2.45, 2.75) is 57.9 Å². The standard InChI is InChI=1S/C18H35NO2Si2/c1-6-23(7-2,8-3)19(15-12-16-22(20-4)21-5)17-18-13-10-9-11-14-18/h9-11,13-14,22H,6-8,12,15-17H2,1-5H3. The molecule has 1 aromatic carbocycles. The maximum Gasteiger partial charge on any atom is 0.320 e. The van der Waals surface area contributed by atoms with Crippen LogP contribution in [0.2, 0.25) is 24.2 Å². The van der Waals surface area contributed by atoms with E-state index in [9.17, 15) is 0 Å². The lowest BCUT2D eigenvalue weighted by Crippen LogP contribution is -2.52. The summed E-state index contributed by atoms with van der Waals surface area (Å²) in [4.78, 5) is 0. The highest BCUT2D eigenvalue weighted by Gasteiger charge is 2.34. The van der Waals surface area contributed by atoms with E-state index in [0.29, 0.717) is 0 Å². The van der Waals surface area contributed by atoms with Gasteiger partial charge in [0, 0.05) is 20.8 Å². The predicted molar refractivity (Wildman–Crippen MR) is 105 cm³/mol. The molecule has 0 aliphatic rings. The topological polar surface area (TPSA) is 21.7 Å². The van der Waals surface area contributed by atoms with Crippen molar-refractivity contribution in [1.82, 2.24) is 4.57 Å². The van der Waals surface area contributed by atoms with Gasteiger partial charge in [0.15, 0.2) is 0 Å². The van der Waals surface area contributed by atoms with Crippen LogP contribution in [-0.2, 0) is 15.4 Å². The Hall–Kier alpha value is -0.466. The second-order valence-corrected chi connectivity index (χ2v) is 13.8. The van der Waals surface area contributed by atoms with Crippen LogP contribution in [0, 0.1) is 0 Å². The van der Waals surface area contributed by atoms with Gasteiger partial charge in [-0.05, 0) is 42.7 Å². The molecule has 0 aliphatic heterocycles. The van der Waals surface area contributed by atoms with Crippen molar-refractivity contribution in [2.75, 3.05) is 20.8 Å². The van der Waals surface area contributed by atoms with Gasteiger partial charge < -0.3 is 13.4 Å². The van der Waals surface area contributed by atoms with Gasteiger partial charge in [0.2, 0.25) is 0 Å². The largest absolute Gasteiger partial charge is 0.400 e. The molecule has 0 atom stereocenters. The lowest BCUT2D eigenvalue weighted by atomic mass is 10.2. The highest BCUT2D eigenvalue weighted by atomic mass is 28.3. The van der Waals surface area contributed by atoms with Crippen LogP contribution in [0.3, 0.4) is 0 Å². The lowest BCUT2D eigenvalue weighted by molar-refractivity contribution is 0.274. The van der Waals surface area contributed by atoms with Gasteiger partial charge in [0.25, 0.3) is 0 Å². The first-order chi connectivity index (χ1) is 11.2. The van der Waals surface area contributed by atoms with E-state index in [1.165, 1.54) is 36.7 Å². The van der Waals surface area contributed by atoms with Crippen molar-refractivity contribution in [3.8, 4) is 0 Å².